The van der Waals surface area contributed by atoms with Gasteiger partial charge in [-0.25, -0.2) is 5.43 Å². The van der Waals surface area contributed by atoms with Crippen LogP contribution in [-0.2, 0) is 18.3 Å². The van der Waals surface area contributed by atoms with Crippen molar-refractivity contribution in [3.63, 3.8) is 0 Å². The smallest absolute Gasteiger partial charge is 0.245 e. The molecule has 0 aliphatic heterocycles. The molecule has 0 unspecified atom stereocenters. The molecule has 0 aliphatic carbocycles. The minimum atomic E-state index is -0.145. The maximum absolute atomic E-state index is 11.7. The third kappa shape index (κ3) is 3.98. The van der Waals surface area contributed by atoms with Crippen molar-refractivity contribution in [1.29, 1.82) is 0 Å². The van der Waals surface area contributed by atoms with Crippen molar-refractivity contribution in [2.75, 3.05) is 0 Å². The first kappa shape index (κ1) is 13.9. The molecule has 0 saturated heterocycles. The Kier molecular flexibility index (Phi) is 4.55. The van der Waals surface area contributed by atoms with Crippen LogP contribution >= 0.6 is 0 Å². The third-order valence-electron chi connectivity index (χ3n) is 2.76. The number of nitrogens with one attached hydrogen (secondary N) is 1. The summed E-state index contributed by atoms with van der Waals surface area (Å²) in [6.45, 7) is 1.88. The van der Waals surface area contributed by atoms with Crippen LogP contribution in [0.2, 0.25) is 0 Å². The predicted octanol–water partition coefficient (Wildman–Crippen LogP) is 2.37. The van der Waals surface area contributed by atoms with Crippen LogP contribution in [0, 0.1) is 0 Å². The molecule has 5 nitrogen and oxygen atoms in total. The van der Waals surface area contributed by atoms with Gasteiger partial charge in [0.25, 0.3) is 0 Å². The normalized spacial score (nSPS) is 12.0. The predicted molar refractivity (Wildman–Crippen MR) is 78.1 cm³/mol. The van der Waals surface area contributed by atoms with Crippen molar-refractivity contribution in [3.05, 3.63) is 53.8 Å². The van der Waals surface area contributed by atoms with Gasteiger partial charge in [0, 0.05) is 18.9 Å². The van der Waals surface area contributed by atoms with Crippen LogP contribution < -0.4 is 5.43 Å². The standard InChI is InChI=1S/C15H17N3O2/c1-12(9-14-6-4-8-20-14)11-16-17-15(19)10-13-5-3-7-18(13)2/h3-9,11H,10H2,1-2H3,(H,17,19). The van der Waals surface area contributed by atoms with Gasteiger partial charge in [0.05, 0.1) is 18.9 Å². The van der Waals surface area contributed by atoms with Crippen molar-refractivity contribution in [1.82, 2.24) is 9.99 Å². The molecule has 104 valence electrons. The Morgan fingerprint density at radius 2 is 2.30 bits per heavy atom. The van der Waals surface area contributed by atoms with Crippen LogP contribution in [0.5, 0.6) is 0 Å². The van der Waals surface area contributed by atoms with Gasteiger partial charge in [-0.1, -0.05) is 0 Å². The van der Waals surface area contributed by atoms with Gasteiger partial charge in [-0.05, 0) is 42.8 Å². The molecule has 0 bridgehead atoms. The highest BCUT2D eigenvalue weighted by Gasteiger charge is 2.04. The number of aromatic nitrogens is 1. The number of carbonyl (C=O) groups excluding carboxylic acids is 1. The van der Waals surface area contributed by atoms with Crippen LogP contribution in [0.4, 0.5) is 0 Å². The summed E-state index contributed by atoms with van der Waals surface area (Å²) < 4.78 is 7.09. The topological polar surface area (TPSA) is 59.5 Å². The molecule has 0 spiro atoms. The quantitative estimate of drug-likeness (QED) is 0.670. The Morgan fingerprint density at radius 1 is 1.45 bits per heavy atom. The van der Waals surface area contributed by atoms with E-state index >= 15 is 0 Å². The molecule has 0 fully saturated rings. The Balaban J connectivity index is 1.84. The molecule has 5 heteroatoms. The van der Waals surface area contributed by atoms with Crippen LogP contribution in [0.3, 0.4) is 0 Å². The average molecular weight is 271 g/mol. The highest BCUT2D eigenvalue weighted by atomic mass is 16.3. The fraction of sp³-hybridized carbons (Fsp3) is 0.200. The average Bonchev–Trinajstić information content (AvgIpc) is 3.02. The lowest BCUT2D eigenvalue weighted by Gasteiger charge is -2.01. The minimum Gasteiger partial charge on any atom is -0.465 e. The summed E-state index contributed by atoms with van der Waals surface area (Å²) in [6, 6.07) is 7.48. The van der Waals surface area contributed by atoms with E-state index in [0.29, 0.717) is 6.42 Å². The first-order valence-corrected chi connectivity index (χ1v) is 6.29. The maximum atomic E-state index is 11.7. The van der Waals surface area contributed by atoms with Crippen molar-refractivity contribution < 1.29 is 9.21 Å². The zero-order valence-corrected chi connectivity index (χ0v) is 11.5. The summed E-state index contributed by atoms with van der Waals surface area (Å²) in [6.07, 6.45) is 7.25. The van der Waals surface area contributed by atoms with E-state index in [9.17, 15) is 4.79 Å². The Hall–Kier alpha value is -2.56. The molecule has 2 heterocycles. The van der Waals surface area contributed by atoms with Crippen LogP contribution in [0.15, 0.2) is 51.8 Å². The molecule has 1 amide bonds. The molecule has 0 saturated carbocycles. The second-order valence-electron chi connectivity index (χ2n) is 4.48. The lowest BCUT2D eigenvalue weighted by molar-refractivity contribution is -0.120. The molecule has 1 N–H and O–H groups in total. The zero-order valence-electron chi connectivity index (χ0n) is 11.5. The number of allylic oxidation sites excluding steroid dienone is 1. The van der Waals surface area contributed by atoms with Gasteiger partial charge < -0.3 is 8.98 Å². The molecule has 0 aliphatic rings. The number of nitrogens with zero attached hydrogens (tertiary/aromatic N) is 2. The van der Waals surface area contributed by atoms with E-state index in [1.165, 1.54) is 0 Å². The van der Waals surface area contributed by atoms with Crippen LogP contribution in [0.25, 0.3) is 6.08 Å². The molecule has 2 aromatic rings. The van der Waals surface area contributed by atoms with E-state index in [1.54, 1.807) is 12.5 Å². The van der Waals surface area contributed by atoms with E-state index in [0.717, 1.165) is 17.0 Å². The van der Waals surface area contributed by atoms with Gasteiger partial charge in [0.15, 0.2) is 0 Å². The molecule has 2 aromatic heterocycles. The SMILES string of the molecule is CC(C=NNC(=O)Cc1cccn1C)=Cc1ccco1. The number of rotatable bonds is 5. The number of amides is 1. The number of furan rings is 1. The third-order valence-corrected chi connectivity index (χ3v) is 2.76. The largest absolute Gasteiger partial charge is 0.465 e. The van der Waals surface area contributed by atoms with E-state index in [4.69, 9.17) is 4.42 Å². The molecule has 0 aromatic carbocycles. The highest BCUT2D eigenvalue weighted by Crippen LogP contribution is 2.05. The van der Waals surface area contributed by atoms with Crippen molar-refractivity contribution in [2.24, 2.45) is 12.1 Å². The van der Waals surface area contributed by atoms with E-state index in [2.05, 4.69) is 10.5 Å². The number of hydrogen-bond acceptors (Lipinski definition) is 3. The van der Waals surface area contributed by atoms with Gasteiger partial charge in [-0.15, -0.1) is 0 Å². The van der Waals surface area contributed by atoms with Crippen molar-refractivity contribution in [2.45, 2.75) is 13.3 Å². The summed E-state index contributed by atoms with van der Waals surface area (Å²) in [5.41, 5.74) is 4.34. The number of carbonyl (C=O) groups is 1. The summed E-state index contributed by atoms with van der Waals surface area (Å²) in [5.74, 6) is 0.609. The van der Waals surface area contributed by atoms with Gasteiger partial charge >= 0.3 is 0 Å². The molecule has 20 heavy (non-hydrogen) atoms. The van der Waals surface area contributed by atoms with Crippen LogP contribution in [-0.4, -0.2) is 16.7 Å². The molecule has 0 atom stereocenters. The van der Waals surface area contributed by atoms with Gasteiger partial charge in [-0.2, -0.15) is 5.10 Å². The van der Waals surface area contributed by atoms with Gasteiger partial charge in [-0.3, -0.25) is 4.79 Å². The molecule has 2 rings (SSSR count). The Labute approximate surface area is 117 Å². The van der Waals surface area contributed by atoms with E-state index < -0.39 is 0 Å². The summed E-state index contributed by atoms with van der Waals surface area (Å²) in [5, 5.41) is 3.92. The summed E-state index contributed by atoms with van der Waals surface area (Å²) in [7, 11) is 1.90. The monoisotopic (exact) mass is 271 g/mol. The first-order chi connectivity index (χ1) is 9.65. The second kappa shape index (κ2) is 6.56. The maximum Gasteiger partial charge on any atom is 0.245 e. The second-order valence-corrected chi connectivity index (χ2v) is 4.48. The van der Waals surface area contributed by atoms with Crippen LogP contribution in [0.1, 0.15) is 18.4 Å². The molecular weight excluding hydrogens is 254 g/mol. The summed E-state index contributed by atoms with van der Waals surface area (Å²) in [4.78, 5) is 11.7. The zero-order chi connectivity index (χ0) is 14.4. The van der Waals surface area contributed by atoms with E-state index in [1.807, 2.05) is 55.1 Å². The van der Waals surface area contributed by atoms with Gasteiger partial charge in [0.1, 0.15) is 5.76 Å². The number of hydrogen-bond donors (Lipinski definition) is 1. The molecule has 0 radical (unpaired) electrons. The van der Waals surface area contributed by atoms with Gasteiger partial charge in [0.2, 0.25) is 5.91 Å². The number of hydrazone groups is 1. The Bertz CT molecular complexity index is 621. The Morgan fingerprint density at radius 3 is 2.95 bits per heavy atom. The number of aryl methyl sites for hydroxylation is 1. The summed E-state index contributed by atoms with van der Waals surface area (Å²) >= 11 is 0. The van der Waals surface area contributed by atoms with Crippen molar-refractivity contribution >= 4 is 18.2 Å². The fourth-order valence-electron chi connectivity index (χ4n) is 1.73. The molecular formula is C15H17N3O2. The lowest BCUT2D eigenvalue weighted by atomic mass is 10.3. The highest BCUT2D eigenvalue weighted by molar-refractivity contribution is 5.86. The minimum absolute atomic E-state index is 0.145. The van der Waals surface area contributed by atoms with Crippen molar-refractivity contribution in [3.8, 4) is 0 Å². The lowest BCUT2D eigenvalue weighted by Crippen LogP contribution is -2.20. The van der Waals surface area contributed by atoms with E-state index in [-0.39, 0.29) is 5.91 Å². The first-order valence-electron chi connectivity index (χ1n) is 6.29. The fourth-order valence-corrected chi connectivity index (χ4v) is 1.73.